The molecule has 0 N–H and O–H groups in total. The first-order chi connectivity index (χ1) is 19.3. The minimum absolute atomic E-state index is 0.00344. The van der Waals surface area contributed by atoms with Crippen molar-refractivity contribution in [3.63, 3.8) is 0 Å². The molecule has 0 unspecified atom stereocenters. The fourth-order valence-corrected chi connectivity index (χ4v) is 5.51. The summed E-state index contributed by atoms with van der Waals surface area (Å²) in [7, 11) is 0. The zero-order valence-electron chi connectivity index (χ0n) is 24.3. The fourth-order valence-electron chi connectivity index (χ4n) is 5.51. The average Bonchev–Trinajstić information content (AvgIpc) is 3.41. The van der Waals surface area contributed by atoms with Gasteiger partial charge in [-0.2, -0.15) is 0 Å². The van der Waals surface area contributed by atoms with Crippen molar-refractivity contribution in [1.29, 1.82) is 0 Å². The largest absolute Gasteiger partial charge is 0.345 e. The first kappa shape index (κ1) is 29.6. The molecule has 214 valence electrons. The summed E-state index contributed by atoms with van der Waals surface area (Å²) in [5.74, 6) is 0.101. The van der Waals surface area contributed by atoms with Crippen molar-refractivity contribution in [2.24, 2.45) is 5.92 Å². The van der Waals surface area contributed by atoms with Crippen LogP contribution in [0.2, 0.25) is 0 Å². The summed E-state index contributed by atoms with van der Waals surface area (Å²) < 4.78 is 15.6. The van der Waals surface area contributed by atoms with Gasteiger partial charge in [-0.25, -0.2) is 4.39 Å². The average molecular weight is 546 g/mol. The predicted octanol–water partition coefficient (Wildman–Crippen LogP) is 7.09. The molecule has 5 nitrogen and oxygen atoms in total. The second-order valence-corrected chi connectivity index (χ2v) is 11.5. The van der Waals surface area contributed by atoms with Crippen molar-refractivity contribution < 1.29 is 14.0 Å². The number of carbonyl (C=O) groups is 2. The molecule has 1 aliphatic rings. The Bertz CT molecular complexity index is 1230. The molecule has 1 heterocycles. The molecule has 40 heavy (non-hydrogen) atoms. The van der Waals surface area contributed by atoms with Crippen molar-refractivity contribution in [3.8, 4) is 0 Å². The van der Waals surface area contributed by atoms with E-state index in [2.05, 4.69) is 31.4 Å². The Labute approximate surface area is 239 Å². The third kappa shape index (κ3) is 8.06. The van der Waals surface area contributed by atoms with Crippen LogP contribution in [0, 0.1) is 11.7 Å². The van der Waals surface area contributed by atoms with Crippen LogP contribution in [0.1, 0.15) is 86.5 Å². The van der Waals surface area contributed by atoms with Gasteiger partial charge in [-0.3, -0.25) is 9.59 Å². The molecule has 1 fully saturated rings. The molecule has 0 atom stereocenters. The number of rotatable bonds is 12. The van der Waals surface area contributed by atoms with E-state index in [9.17, 15) is 14.0 Å². The zero-order chi connectivity index (χ0) is 28.5. The normalized spacial score (nSPS) is 13.9. The Morgan fingerprint density at radius 1 is 0.950 bits per heavy atom. The van der Waals surface area contributed by atoms with Crippen LogP contribution in [0.3, 0.4) is 0 Å². The van der Waals surface area contributed by atoms with Crippen LogP contribution >= 0.6 is 0 Å². The van der Waals surface area contributed by atoms with E-state index in [1.54, 1.807) is 17.0 Å². The predicted molar refractivity (Wildman–Crippen MR) is 159 cm³/mol. The number of amides is 2. The Morgan fingerprint density at radius 2 is 1.62 bits per heavy atom. The number of halogens is 1. The standard InChI is InChI=1S/C34H44FN3O2/c1-4-27-12-16-29(17-13-27)34(40)37(22-20-26(2)3)25-33(39)38(31-9-6-5-7-10-31)24-32-11-8-21-36(32)23-28-14-18-30(35)19-15-28/h8,11-19,21,26,31H,4-7,9-10,20,22-25H2,1-3H3. The van der Waals surface area contributed by atoms with Crippen molar-refractivity contribution in [3.05, 3.63) is 95.1 Å². The van der Waals surface area contributed by atoms with Crippen molar-refractivity contribution in [2.75, 3.05) is 13.1 Å². The van der Waals surface area contributed by atoms with Crippen LogP contribution in [-0.4, -0.2) is 45.3 Å². The Morgan fingerprint density at radius 3 is 2.27 bits per heavy atom. The third-order valence-electron chi connectivity index (χ3n) is 8.06. The van der Waals surface area contributed by atoms with Crippen LogP contribution < -0.4 is 0 Å². The van der Waals surface area contributed by atoms with Gasteiger partial charge in [0.2, 0.25) is 5.91 Å². The van der Waals surface area contributed by atoms with E-state index in [0.29, 0.717) is 31.1 Å². The lowest BCUT2D eigenvalue weighted by molar-refractivity contribution is -0.135. The van der Waals surface area contributed by atoms with Gasteiger partial charge in [-0.05, 0) is 79.1 Å². The summed E-state index contributed by atoms with van der Waals surface area (Å²) in [6.45, 7) is 8.12. The molecule has 0 spiro atoms. The molecule has 2 aromatic carbocycles. The maximum absolute atomic E-state index is 14.0. The lowest BCUT2D eigenvalue weighted by Crippen LogP contribution is -2.48. The fraction of sp³-hybridized carbons (Fsp3) is 0.471. The highest BCUT2D eigenvalue weighted by Gasteiger charge is 2.29. The van der Waals surface area contributed by atoms with Crippen molar-refractivity contribution in [2.45, 2.75) is 84.8 Å². The summed E-state index contributed by atoms with van der Waals surface area (Å²) in [4.78, 5) is 31.4. The molecule has 0 aliphatic heterocycles. The lowest BCUT2D eigenvalue weighted by atomic mass is 9.94. The molecule has 1 aromatic heterocycles. The number of benzene rings is 2. The Kier molecular flexibility index (Phi) is 10.6. The number of aromatic nitrogens is 1. The smallest absolute Gasteiger partial charge is 0.254 e. The molecule has 1 saturated carbocycles. The number of carbonyl (C=O) groups excluding carboxylic acids is 2. The van der Waals surface area contributed by atoms with Gasteiger partial charge in [-0.1, -0.05) is 64.3 Å². The quantitative estimate of drug-likeness (QED) is 0.244. The first-order valence-corrected chi connectivity index (χ1v) is 14.9. The van der Waals surface area contributed by atoms with E-state index in [-0.39, 0.29) is 30.2 Å². The van der Waals surface area contributed by atoms with Crippen LogP contribution in [0.25, 0.3) is 0 Å². The lowest BCUT2D eigenvalue weighted by Gasteiger charge is -2.36. The van der Waals surface area contributed by atoms with E-state index in [1.165, 1.54) is 24.1 Å². The van der Waals surface area contributed by atoms with E-state index in [0.717, 1.165) is 49.8 Å². The highest BCUT2D eigenvalue weighted by molar-refractivity contribution is 5.96. The van der Waals surface area contributed by atoms with Crippen LogP contribution in [0.5, 0.6) is 0 Å². The monoisotopic (exact) mass is 545 g/mol. The maximum Gasteiger partial charge on any atom is 0.254 e. The summed E-state index contributed by atoms with van der Waals surface area (Å²) in [6.07, 6.45) is 9.19. The molecular weight excluding hydrogens is 501 g/mol. The number of hydrogen-bond donors (Lipinski definition) is 0. The number of nitrogens with zero attached hydrogens (tertiary/aromatic N) is 3. The van der Waals surface area contributed by atoms with Gasteiger partial charge in [0.25, 0.3) is 5.91 Å². The van der Waals surface area contributed by atoms with Crippen LogP contribution in [0.4, 0.5) is 4.39 Å². The zero-order valence-corrected chi connectivity index (χ0v) is 24.3. The van der Waals surface area contributed by atoms with Crippen LogP contribution in [0.15, 0.2) is 66.9 Å². The van der Waals surface area contributed by atoms with E-state index < -0.39 is 0 Å². The van der Waals surface area contributed by atoms with E-state index >= 15 is 0 Å². The van der Waals surface area contributed by atoms with Gasteiger partial charge in [0.1, 0.15) is 12.4 Å². The molecule has 1 aliphatic carbocycles. The van der Waals surface area contributed by atoms with Crippen molar-refractivity contribution in [1.82, 2.24) is 14.4 Å². The molecule has 0 saturated heterocycles. The van der Waals surface area contributed by atoms with E-state index in [4.69, 9.17) is 0 Å². The first-order valence-electron chi connectivity index (χ1n) is 14.9. The summed E-state index contributed by atoms with van der Waals surface area (Å²) in [5, 5.41) is 0. The molecule has 0 radical (unpaired) electrons. The second kappa shape index (κ2) is 14.3. The van der Waals surface area contributed by atoms with Gasteiger partial charge in [0, 0.05) is 36.6 Å². The third-order valence-corrected chi connectivity index (χ3v) is 8.06. The van der Waals surface area contributed by atoms with Gasteiger partial charge in [0.15, 0.2) is 0 Å². The van der Waals surface area contributed by atoms with Gasteiger partial charge >= 0.3 is 0 Å². The Hall–Kier alpha value is -3.41. The van der Waals surface area contributed by atoms with Gasteiger partial charge in [0.05, 0.1) is 6.54 Å². The Balaban J connectivity index is 1.54. The maximum atomic E-state index is 14.0. The molecule has 0 bridgehead atoms. The number of aryl methyl sites for hydroxylation is 1. The highest BCUT2D eigenvalue weighted by atomic mass is 19.1. The highest BCUT2D eigenvalue weighted by Crippen LogP contribution is 2.25. The molecule has 2 amide bonds. The summed E-state index contributed by atoms with van der Waals surface area (Å²) in [5.41, 5.74) is 3.87. The minimum atomic E-state index is -0.247. The SMILES string of the molecule is CCc1ccc(C(=O)N(CCC(C)C)CC(=O)N(Cc2cccn2Cc2ccc(F)cc2)C2CCCCC2)cc1. The minimum Gasteiger partial charge on any atom is -0.345 e. The molecule has 4 rings (SSSR count). The summed E-state index contributed by atoms with van der Waals surface area (Å²) >= 11 is 0. The summed E-state index contributed by atoms with van der Waals surface area (Å²) in [6, 6.07) is 18.6. The van der Waals surface area contributed by atoms with E-state index in [1.807, 2.05) is 41.4 Å². The molecule has 6 heteroatoms. The topological polar surface area (TPSA) is 45.6 Å². The van der Waals surface area contributed by atoms with Gasteiger partial charge < -0.3 is 14.4 Å². The molecular formula is C34H44FN3O2. The van der Waals surface area contributed by atoms with Gasteiger partial charge in [-0.15, -0.1) is 0 Å². The van der Waals surface area contributed by atoms with Crippen molar-refractivity contribution >= 4 is 11.8 Å². The van der Waals surface area contributed by atoms with Crippen LogP contribution in [-0.2, 0) is 24.3 Å². The molecule has 3 aromatic rings. The number of hydrogen-bond acceptors (Lipinski definition) is 2. The second-order valence-electron chi connectivity index (χ2n) is 11.5.